The summed E-state index contributed by atoms with van der Waals surface area (Å²) in [5.74, 6) is -0.234. The minimum atomic E-state index is -1.08. The van der Waals surface area contributed by atoms with Crippen LogP contribution in [-0.2, 0) is 33.5 Å². The maximum Gasteiger partial charge on any atom is 0.341 e. The molecule has 0 spiro atoms. The van der Waals surface area contributed by atoms with Gasteiger partial charge in [-0.05, 0) is 151 Å². The molecule has 9 aromatic rings. The Balaban J connectivity index is 0.000000183. The highest BCUT2D eigenvalue weighted by atomic mass is 16.5. The fourth-order valence-electron chi connectivity index (χ4n) is 11.0. The van der Waals surface area contributed by atoms with Crippen LogP contribution in [0.5, 0.6) is 17.6 Å². The van der Waals surface area contributed by atoms with Crippen molar-refractivity contribution >= 4 is 45.0 Å². The van der Waals surface area contributed by atoms with Crippen molar-refractivity contribution in [2.75, 3.05) is 69.5 Å². The number of carbonyl (C=O) groups excluding carboxylic acids is 1. The summed E-state index contributed by atoms with van der Waals surface area (Å²) in [7, 11) is 11.3. The number of amides is 1. The summed E-state index contributed by atoms with van der Waals surface area (Å²) in [6.45, 7) is 26.8. The molecule has 0 radical (unpaired) electrons. The van der Waals surface area contributed by atoms with E-state index in [1.165, 1.54) is 19.8 Å². The number of pyridine rings is 6. The average molecular weight is 1160 g/mol. The molecule has 0 aliphatic heterocycles. The molecule has 0 bridgehead atoms. The van der Waals surface area contributed by atoms with Gasteiger partial charge in [-0.2, -0.15) is 0 Å². The molecule has 9 rings (SSSR count). The number of ether oxygens (including phenoxy) is 6. The van der Waals surface area contributed by atoms with Crippen molar-refractivity contribution < 1.29 is 43.1 Å². The molecule has 1 amide bonds. The Morgan fingerprint density at radius 2 is 0.835 bits per heavy atom. The number of carboxylic acids is 1. The van der Waals surface area contributed by atoms with E-state index in [4.69, 9.17) is 43.4 Å². The van der Waals surface area contributed by atoms with Gasteiger partial charge < -0.3 is 52.5 Å². The first-order chi connectivity index (χ1) is 40.7. The van der Waals surface area contributed by atoms with Crippen LogP contribution in [0.15, 0.2) is 61.1 Å². The third kappa shape index (κ3) is 13.3. The predicted octanol–water partition coefficient (Wildman–Crippen LogP) is 12.5. The Hall–Kier alpha value is -8.26. The van der Waals surface area contributed by atoms with Crippen LogP contribution < -0.4 is 19.5 Å². The number of hydrogen-bond donors (Lipinski definition) is 2. The van der Waals surface area contributed by atoms with Crippen molar-refractivity contribution in [2.45, 2.75) is 120 Å². The lowest BCUT2D eigenvalue weighted by Crippen LogP contribution is -2.20. The SMILES string of the molecule is CCc1nc(OC)c(C(=O)NC)cc1-c1nc2c(C)cn([C@@H](C)COC)c2cc1C.CCc1nc(OC)c(C(=O)O)cc1-c1nc2c(C)cn([C@@H](C)COC)c2cc1C.CCc1nc(OC)ccc1-c1nc2c(C)cn([C@@H](C)COC)c2cc1C. The summed E-state index contributed by atoms with van der Waals surface area (Å²) in [6.07, 6.45) is 8.53. The van der Waals surface area contributed by atoms with Gasteiger partial charge in [-0.15, -0.1) is 0 Å². The normalized spacial score (nSPS) is 12.4. The van der Waals surface area contributed by atoms with Crippen molar-refractivity contribution in [1.82, 2.24) is 48.9 Å². The van der Waals surface area contributed by atoms with E-state index < -0.39 is 5.97 Å². The smallest absolute Gasteiger partial charge is 0.341 e. The molecule has 0 saturated carbocycles. The number of methoxy groups -OCH3 is 6. The summed E-state index contributed by atoms with van der Waals surface area (Å²) < 4.78 is 38.4. The number of aryl methyl sites for hydroxylation is 9. The van der Waals surface area contributed by atoms with Crippen molar-refractivity contribution in [3.05, 3.63) is 123 Å². The summed E-state index contributed by atoms with van der Waals surface area (Å²) in [6, 6.07) is 14.5. The second-order valence-corrected chi connectivity index (χ2v) is 21.5. The van der Waals surface area contributed by atoms with Crippen LogP contribution in [0.1, 0.15) is 131 Å². The number of aromatic nitrogens is 9. The van der Waals surface area contributed by atoms with E-state index in [0.29, 0.717) is 50.0 Å². The number of carbonyl (C=O) groups is 2. The fraction of sp³-hybridized carbons (Fsp3) is 0.424. The van der Waals surface area contributed by atoms with E-state index >= 15 is 0 Å². The van der Waals surface area contributed by atoms with Crippen molar-refractivity contribution in [2.24, 2.45) is 0 Å². The van der Waals surface area contributed by atoms with Crippen LogP contribution in [0.3, 0.4) is 0 Å². The van der Waals surface area contributed by atoms with Gasteiger partial charge in [-0.3, -0.25) is 4.79 Å². The van der Waals surface area contributed by atoms with Gasteiger partial charge in [0.2, 0.25) is 17.6 Å². The topological polar surface area (TPSA) is 214 Å². The quantitative estimate of drug-likeness (QED) is 0.0726. The number of fused-ring (bicyclic) bond motifs is 3. The van der Waals surface area contributed by atoms with Crippen LogP contribution in [0, 0.1) is 41.5 Å². The molecule has 9 aromatic heterocycles. The summed E-state index contributed by atoms with van der Waals surface area (Å²) in [5.41, 5.74) is 20.8. The van der Waals surface area contributed by atoms with Gasteiger partial charge in [0, 0.05) is 69.7 Å². The molecule has 452 valence electrons. The van der Waals surface area contributed by atoms with Crippen LogP contribution in [0.2, 0.25) is 0 Å². The number of carboxylic acid groups (broad SMARTS) is 1. The monoisotopic (exact) mass is 1160 g/mol. The highest BCUT2D eigenvalue weighted by Crippen LogP contribution is 2.37. The number of nitrogens with one attached hydrogen (secondary N) is 1. The molecule has 9 heterocycles. The fourth-order valence-corrected chi connectivity index (χ4v) is 11.0. The highest BCUT2D eigenvalue weighted by molar-refractivity contribution is 5.98. The largest absolute Gasteiger partial charge is 0.481 e. The van der Waals surface area contributed by atoms with E-state index in [2.05, 4.69) is 125 Å². The predicted molar refractivity (Wildman–Crippen MR) is 335 cm³/mol. The first kappa shape index (κ1) is 64.3. The molecule has 19 heteroatoms. The van der Waals surface area contributed by atoms with Crippen LogP contribution >= 0.6 is 0 Å². The second kappa shape index (κ2) is 28.1. The summed E-state index contributed by atoms with van der Waals surface area (Å²) in [5, 5.41) is 12.2. The van der Waals surface area contributed by atoms with Crippen molar-refractivity contribution in [3.8, 4) is 51.4 Å². The average Bonchev–Trinajstić information content (AvgIpc) is 1.98. The van der Waals surface area contributed by atoms with Crippen LogP contribution in [-0.4, -0.2) is 130 Å². The number of hydrogen-bond acceptors (Lipinski definition) is 14. The maximum absolute atomic E-state index is 12.4. The zero-order chi connectivity index (χ0) is 62.1. The van der Waals surface area contributed by atoms with Gasteiger partial charge in [0.1, 0.15) is 11.1 Å². The Labute approximate surface area is 499 Å². The molecule has 2 N–H and O–H groups in total. The Morgan fingerprint density at radius 1 is 0.482 bits per heavy atom. The first-order valence-corrected chi connectivity index (χ1v) is 28.8. The summed E-state index contributed by atoms with van der Waals surface area (Å²) >= 11 is 0. The minimum absolute atomic E-state index is 0.0315. The molecule has 0 saturated heterocycles. The number of nitrogens with zero attached hydrogens (tertiary/aromatic N) is 9. The Bertz CT molecular complexity index is 3880. The zero-order valence-corrected chi connectivity index (χ0v) is 53.0. The van der Waals surface area contributed by atoms with E-state index in [1.807, 2.05) is 46.8 Å². The van der Waals surface area contributed by atoms with Gasteiger partial charge >= 0.3 is 5.97 Å². The van der Waals surface area contributed by atoms with E-state index in [1.54, 1.807) is 41.6 Å². The zero-order valence-electron chi connectivity index (χ0n) is 53.0. The van der Waals surface area contributed by atoms with E-state index in [0.717, 1.165) is 118 Å². The molecule has 3 atom stereocenters. The van der Waals surface area contributed by atoms with E-state index in [9.17, 15) is 14.7 Å². The maximum atomic E-state index is 12.4. The molecule has 0 aromatic carbocycles. The van der Waals surface area contributed by atoms with Crippen LogP contribution in [0.4, 0.5) is 0 Å². The van der Waals surface area contributed by atoms with Gasteiger partial charge in [-0.25, -0.2) is 34.7 Å². The van der Waals surface area contributed by atoms with E-state index in [-0.39, 0.29) is 35.5 Å². The molecule has 19 nitrogen and oxygen atoms in total. The summed E-state index contributed by atoms with van der Waals surface area (Å²) in [4.78, 5) is 52.7. The molecule has 0 aliphatic carbocycles. The second-order valence-electron chi connectivity index (χ2n) is 21.5. The number of rotatable bonds is 20. The first-order valence-electron chi connectivity index (χ1n) is 28.8. The molecule has 0 fully saturated rings. The molecule has 0 aliphatic rings. The van der Waals surface area contributed by atoms with Crippen LogP contribution in [0.25, 0.3) is 66.9 Å². The minimum Gasteiger partial charge on any atom is -0.481 e. The molecular weight excluding hydrogens is 1080 g/mol. The Kier molecular flexibility index (Phi) is 21.2. The van der Waals surface area contributed by atoms with Gasteiger partial charge in [0.15, 0.2) is 0 Å². The number of aromatic carboxylic acids is 1. The third-order valence-corrected chi connectivity index (χ3v) is 15.3. The van der Waals surface area contributed by atoms with Crippen molar-refractivity contribution in [3.63, 3.8) is 0 Å². The van der Waals surface area contributed by atoms with Gasteiger partial charge in [-0.1, -0.05) is 20.8 Å². The molecule has 85 heavy (non-hydrogen) atoms. The molecule has 0 unspecified atom stereocenters. The third-order valence-electron chi connectivity index (χ3n) is 15.3. The lowest BCUT2D eigenvalue weighted by Gasteiger charge is -2.16. The Morgan fingerprint density at radius 3 is 1.16 bits per heavy atom. The lowest BCUT2D eigenvalue weighted by atomic mass is 10.0. The van der Waals surface area contributed by atoms with Gasteiger partial charge in [0.05, 0.1) is 127 Å². The van der Waals surface area contributed by atoms with Crippen molar-refractivity contribution in [1.29, 1.82) is 0 Å². The lowest BCUT2D eigenvalue weighted by molar-refractivity contribution is 0.0692. The standard InChI is InChI=1S/C23H30N4O3.C22H27N3O4.C21H27N3O2/c1-8-18-16(10-17(22(28)24-5)23(25-18)30-7)20-13(2)9-19-21(26-20)14(3)11-27(19)15(4)12-29-6;1-7-17-15(9-16(22(26)27)21(23-17)29-6)19-12(2)8-18-20(24-19)13(3)10-25(18)14(4)11-28-5;1-7-17-16(8-9-19(22-17)26-6)20-13(2)10-18-21(23-20)14(3)11-24(18)15(4)12-25-5/h9-11,15H,8,12H2,1-7H3,(H,24,28);8-10,14H,7,11H2,1-6H3,(H,26,27);8-11,15H,7,12H2,1-6H3/t15-;14-;15-/m000/s1. The van der Waals surface area contributed by atoms with Gasteiger partial charge in [0.25, 0.3) is 5.91 Å². The molecular formula is C66H84N10O9. The highest BCUT2D eigenvalue weighted by Gasteiger charge is 2.25.